The summed E-state index contributed by atoms with van der Waals surface area (Å²) < 4.78 is 4.68. The maximum Gasteiger partial charge on any atom is 0.397 e. The second-order valence-corrected chi connectivity index (χ2v) is 3.47. The molecule has 1 aromatic rings. The fraction of sp³-hybridized carbons (Fsp3) is 0.222. The lowest BCUT2D eigenvalue weighted by molar-refractivity contribution is 0.150. The first kappa shape index (κ1) is 11.4. The lowest BCUT2D eigenvalue weighted by Crippen LogP contribution is -1.97. The molecule has 0 aliphatic carbocycles. The number of carbonyl (C=O) groups is 1. The van der Waals surface area contributed by atoms with Gasteiger partial charge in [-0.1, -0.05) is 12.1 Å². The van der Waals surface area contributed by atoms with E-state index in [4.69, 9.17) is 5.53 Å². The Bertz CT molecular complexity index is 385. The molecule has 1 amide bonds. The Balaban J connectivity index is 2.51. The molecule has 0 radical (unpaired) electrons. The Morgan fingerprint density at radius 1 is 1.53 bits per heavy atom. The van der Waals surface area contributed by atoms with Crippen molar-refractivity contribution >= 4 is 17.9 Å². The molecule has 15 heavy (non-hydrogen) atoms. The Morgan fingerprint density at radius 3 is 2.73 bits per heavy atom. The van der Waals surface area contributed by atoms with Gasteiger partial charge >= 0.3 is 6.09 Å². The van der Waals surface area contributed by atoms with Gasteiger partial charge in [0.1, 0.15) is 6.61 Å². The molecule has 0 unspecified atom stereocenters. The van der Waals surface area contributed by atoms with Crippen LogP contribution < -0.4 is 0 Å². The van der Waals surface area contributed by atoms with Crippen LogP contribution in [0.4, 0.5) is 4.79 Å². The number of rotatable bonds is 3. The summed E-state index contributed by atoms with van der Waals surface area (Å²) in [5, 5.41) is 2.79. The van der Waals surface area contributed by atoms with Crippen LogP contribution in [0.2, 0.25) is 0 Å². The van der Waals surface area contributed by atoms with E-state index in [0.29, 0.717) is 0 Å². The molecule has 1 rings (SSSR count). The number of benzene rings is 1. The molecule has 0 saturated carbocycles. The van der Waals surface area contributed by atoms with E-state index in [-0.39, 0.29) is 6.61 Å². The summed E-state index contributed by atoms with van der Waals surface area (Å²) in [6, 6.07) is 7.58. The Hall–Kier alpha value is -1.65. The SMILES string of the molecule is CSc1ccc(COC(=O)N=[N+]=[N-])cc1. The van der Waals surface area contributed by atoms with Gasteiger partial charge in [-0.15, -0.1) is 11.8 Å². The first-order valence-corrected chi connectivity index (χ1v) is 5.33. The van der Waals surface area contributed by atoms with Crippen molar-refractivity contribution in [1.82, 2.24) is 0 Å². The second kappa shape index (κ2) is 5.95. The van der Waals surface area contributed by atoms with Crippen LogP contribution in [0, 0.1) is 0 Å². The van der Waals surface area contributed by atoms with E-state index < -0.39 is 6.09 Å². The maximum atomic E-state index is 10.7. The Labute approximate surface area is 91.1 Å². The molecule has 1 aromatic carbocycles. The highest BCUT2D eigenvalue weighted by atomic mass is 32.2. The topological polar surface area (TPSA) is 75.1 Å². The van der Waals surface area contributed by atoms with Crippen molar-refractivity contribution in [3.05, 3.63) is 40.3 Å². The summed E-state index contributed by atoms with van der Waals surface area (Å²) in [5.74, 6) is 0. The summed E-state index contributed by atoms with van der Waals surface area (Å²) in [5.41, 5.74) is 8.81. The molecule has 78 valence electrons. The molecule has 0 spiro atoms. The van der Waals surface area contributed by atoms with Crippen molar-refractivity contribution in [2.45, 2.75) is 11.5 Å². The zero-order valence-corrected chi connectivity index (χ0v) is 8.90. The minimum atomic E-state index is -0.911. The van der Waals surface area contributed by atoms with Gasteiger partial charge in [0.05, 0.1) is 0 Å². The van der Waals surface area contributed by atoms with Gasteiger partial charge in [-0.25, -0.2) is 4.79 Å². The number of ether oxygens (including phenoxy) is 1. The second-order valence-electron chi connectivity index (χ2n) is 2.59. The van der Waals surface area contributed by atoms with Gasteiger partial charge in [0.2, 0.25) is 0 Å². The van der Waals surface area contributed by atoms with E-state index in [2.05, 4.69) is 14.8 Å². The summed E-state index contributed by atoms with van der Waals surface area (Å²) in [4.78, 5) is 14.2. The van der Waals surface area contributed by atoms with Crippen molar-refractivity contribution < 1.29 is 9.53 Å². The van der Waals surface area contributed by atoms with Gasteiger partial charge in [0.15, 0.2) is 0 Å². The van der Waals surface area contributed by atoms with Gasteiger partial charge in [-0.05, 0) is 29.5 Å². The summed E-state index contributed by atoms with van der Waals surface area (Å²) in [6.07, 6.45) is 1.07. The number of carbonyl (C=O) groups excluding carboxylic acids is 1. The molecule has 0 fully saturated rings. The van der Waals surface area contributed by atoms with Crippen molar-refractivity contribution in [1.29, 1.82) is 0 Å². The van der Waals surface area contributed by atoms with Crippen LogP contribution in [-0.2, 0) is 11.3 Å². The average Bonchev–Trinajstić information content (AvgIpc) is 2.27. The van der Waals surface area contributed by atoms with Gasteiger partial charge in [-0.2, -0.15) is 0 Å². The van der Waals surface area contributed by atoms with E-state index >= 15 is 0 Å². The van der Waals surface area contributed by atoms with Crippen LogP contribution in [0.15, 0.2) is 34.3 Å². The van der Waals surface area contributed by atoms with Crippen LogP contribution in [0.3, 0.4) is 0 Å². The quantitative estimate of drug-likeness (QED) is 0.341. The van der Waals surface area contributed by atoms with Crippen LogP contribution in [-0.4, -0.2) is 12.3 Å². The first-order valence-electron chi connectivity index (χ1n) is 4.11. The van der Waals surface area contributed by atoms with Crippen molar-refractivity contribution in [3.8, 4) is 0 Å². The Kier molecular flexibility index (Phi) is 4.53. The largest absolute Gasteiger partial charge is 0.456 e. The third-order valence-electron chi connectivity index (χ3n) is 1.65. The molecule has 5 nitrogen and oxygen atoms in total. The van der Waals surface area contributed by atoms with Crippen LogP contribution in [0.1, 0.15) is 5.56 Å². The summed E-state index contributed by atoms with van der Waals surface area (Å²) in [6.45, 7) is 0.118. The van der Waals surface area contributed by atoms with E-state index in [0.717, 1.165) is 10.5 Å². The van der Waals surface area contributed by atoms with Crippen molar-refractivity contribution in [2.24, 2.45) is 5.11 Å². The third-order valence-corrected chi connectivity index (χ3v) is 2.39. The molecule has 0 saturated heterocycles. The Morgan fingerprint density at radius 2 is 2.20 bits per heavy atom. The lowest BCUT2D eigenvalue weighted by Gasteiger charge is -2.02. The number of amides is 1. The molecular formula is C9H9N3O2S. The van der Waals surface area contributed by atoms with Crippen LogP contribution >= 0.6 is 11.8 Å². The molecule has 0 heterocycles. The molecule has 6 heteroatoms. The van der Waals surface area contributed by atoms with Crippen molar-refractivity contribution in [2.75, 3.05) is 6.26 Å². The molecule has 0 aromatic heterocycles. The molecule has 0 aliphatic heterocycles. The van der Waals surface area contributed by atoms with Gasteiger partial charge in [-0.3, -0.25) is 0 Å². The van der Waals surface area contributed by atoms with Gasteiger partial charge in [0.25, 0.3) is 0 Å². The number of hydrogen-bond acceptors (Lipinski definition) is 3. The van der Waals surface area contributed by atoms with Crippen molar-refractivity contribution in [3.63, 3.8) is 0 Å². The third kappa shape index (κ3) is 3.93. The molecule has 0 aliphatic rings. The number of hydrogen-bond donors (Lipinski definition) is 0. The van der Waals surface area contributed by atoms with Crippen LogP contribution in [0.5, 0.6) is 0 Å². The molecule has 0 N–H and O–H groups in total. The summed E-state index contributed by atoms with van der Waals surface area (Å²) >= 11 is 1.64. The van der Waals surface area contributed by atoms with Crippen LogP contribution in [0.25, 0.3) is 10.4 Å². The fourth-order valence-corrected chi connectivity index (χ4v) is 1.34. The number of azide groups is 1. The summed E-state index contributed by atoms with van der Waals surface area (Å²) in [7, 11) is 0. The van der Waals surface area contributed by atoms with E-state index in [1.807, 2.05) is 30.5 Å². The predicted molar refractivity (Wildman–Crippen MR) is 57.6 cm³/mol. The van der Waals surface area contributed by atoms with E-state index in [9.17, 15) is 4.79 Å². The highest BCUT2D eigenvalue weighted by molar-refractivity contribution is 7.98. The van der Waals surface area contributed by atoms with Gasteiger partial charge < -0.3 is 4.74 Å². The molecule has 0 atom stereocenters. The highest BCUT2D eigenvalue weighted by Gasteiger charge is 1.99. The minimum Gasteiger partial charge on any atom is -0.456 e. The number of thioether (sulfide) groups is 1. The zero-order chi connectivity index (χ0) is 11.1. The zero-order valence-electron chi connectivity index (χ0n) is 8.08. The maximum absolute atomic E-state index is 10.7. The predicted octanol–water partition coefficient (Wildman–Crippen LogP) is 3.36. The first-order chi connectivity index (χ1) is 7.26. The fourth-order valence-electron chi connectivity index (χ4n) is 0.932. The highest BCUT2D eigenvalue weighted by Crippen LogP contribution is 2.15. The number of nitrogens with zero attached hydrogens (tertiary/aromatic N) is 3. The minimum absolute atomic E-state index is 0.118. The average molecular weight is 223 g/mol. The molecular weight excluding hydrogens is 214 g/mol. The van der Waals surface area contributed by atoms with E-state index in [1.54, 1.807) is 11.8 Å². The van der Waals surface area contributed by atoms with Gasteiger partial charge in [0, 0.05) is 14.9 Å². The smallest absolute Gasteiger partial charge is 0.397 e. The monoisotopic (exact) mass is 223 g/mol. The van der Waals surface area contributed by atoms with E-state index in [1.165, 1.54) is 0 Å². The lowest BCUT2D eigenvalue weighted by atomic mass is 10.2. The normalized spacial score (nSPS) is 9.13. The standard InChI is InChI=1S/C9H9N3O2S/c1-15-8-4-2-7(3-5-8)6-14-9(13)11-12-10/h2-5H,6H2,1H3. The molecule has 0 bridgehead atoms.